The number of hydrogen-bond donors (Lipinski definition) is 0. The Morgan fingerprint density at radius 2 is 1.50 bits per heavy atom. The van der Waals surface area contributed by atoms with Crippen molar-refractivity contribution < 1.29 is 4.79 Å². The molecule has 138 valence electrons. The van der Waals surface area contributed by atoms with Gasteiger partial charge in [0.1, 0.15) is 5.82 Å². The van der Waals surface area contributed by atoms with Crippen LogP contribution in [0.25, 0.3) is 22.4 Å². The lowest BCUT2D eigenvalue weighted by Crippen LogP contribution is -2.23. The van der Waals surface area contributed by atoms with Crippen molar-refractivity contribution in [1.29, 1.82) is 0 Å². The molecule has 2 aromatic carbocycles. The van der Waals surface area contributed by atoms with Gasteiger partial charge in [0, 0.05) is 23.6 Å². The highest BCUT2D eigenvalue weighted by molar-refractivity contribution is 7.14. The lowest BCUT2D eigenvalue weighted by atomic mass is 10.0. The number of aromatic nitrogens is 2. The summed E-state index contributed by atoms with van der Waals surface area (Å²) >= 11 is 1.44. The first-order valence-corrected chi connectivity index (χ1v) is 9.85. The van der Waals surface area contributed by atoms with E-state index in [2.05, 4.69) is 41.4 Å². The van der Waals surface area contributed by atoms with Gasteiger partial charge in [0.15, 0.2) is 5.13 Å². The lowest BCUT2D eigenvalue weighted by molar-refractivity contribution is -0.115. The summed E-state index contributed by atoms with van der Waals surface area (Å²) < 4.78 is 0. The van der Waals surface area contributed by atoms with E-state index >= 15 is 0 Å². The largest absolute Gasteiger partial charge is 0.274 e. The second kappa shape index (κ2) is 7.74. The number of carbonyl (C=O) groups excluding carboxylic acids is 1. The van der Waals surface area contributed by atoms with E-state index in [1.807, 2.05) is 48.7 Å². The molecule has 5 heteroatoms. The van der Waals surface area contributed by atoms with E-state index in [0.717, 1.165) is 22.5 Å². The van der Waals surface area contributed by atoms with Crippen LogP contribution in [0, 0.1) is 6.92 Å². The molecule has 0 aliphatic carbocycles. The fourth-order valence-electron chi connectivity index (χ4n) is 3.01. The van der Waals surface area contributed by atoms with Crippen molar-refractivity contribution in [2.24, 2.45) is 0 Å². The molecule has 0 saturated carbocycles. The van der Waals surface area contributed by atoms with Crippen LogP contribution in [0.2, 0.25) is 0 Å². The van der Waals surface area contributed by atoms with Crippen molar-refractivity contribution in [3.05, 3.63) is 83.9 Å². The van der Waals surface area contributed by atoms with Crippen LogP contribution >= 0.6 is 11.3 Å². The van der Waals surface area contributed by atoms with Crippen molar-refractivity contribution in [2.75, 3.05) is 4.90 Å². The molecule has 0 unspecified atom stereocenters. The number of anilines is 2. The van der Waals surface area contributed by atoms with Gasteiger partial charge in [0.2, 0.25) is 5.91 Å². The van der Waals surface area contributed by atoms with E-state index in [4.69, 9.17) is 4.98 Å². The summed E-state index contributed by atoms with van der Waals surface area (Å²) in [6.07, 6.45) is 0. The van der Waals surface area contributed by atoms with E-state index < -0.39 is 0 Å². The SMILES string of the molecule is CC(=O)N(c1cccc(C)n1)c1nc(-c2ccc(-c3ccccc3)cc2)cs1. The summed E-state index contributed by atoms with van der Waals surface area (Å²) in [6, 6.07) is 24.2. The Labute approximate surface area is 168 Å². The van der Waals surface area contributed by atoms with Crippen LogP contribution in [0.15, 0.2) is 78.2 Å². The molecule has 0 saturated heterocycles. The van der Waals surface area contributed by atoms with Crippen LogP contribution in [-0.2, 0) is 4.79 Å². The molecule has 4 nitrogen and oxygen atoms in total. The van der Waals surface area contributed by atoms with Crippen LogP contribution in [0.3, 0.4) is 0 Å². The van der Waals surface area contributed by atoms with Gasteiger partial charge in [0.25, 0.3) is 0 Å². The zero-order valence-electron chi connectivity index (χ0n) is 15.7. The second-order valence-corrected chi connectivity index (χ2v) is 7.29. The van der Waals surface area contributed by atoms with Gasteiger partial charge in [-0.05, 0) is 30.2 Å². The van der Waals surface area contributed by atoms with Crippen LogP contribution in [0.1, 0.15) is 12.6 Å². The zero-order valence-corrected chi connectivity index (χ0v) is 16.5. The molecule has 2 aromatic heterocycles. The average Bonchev–Trinajstić information content (AvgIpc) is 3.18. The molecule has 0 fully saturated rings. The predicted octanol–water partition coefficient (Wildman–Crippen LogP) is 5.87. The van der Waals surface area contributed by atoms with E-state index in [-0.39, 0.29) is 5.91 Å². The topological polar surface area (TPSA) is 46.1 Å². The quantitative estimate of drug-likeness (QED) is 0.442. The second-order valence-electron chi connectivity index (χ2n) is 6.45. The van der Waals surface area contributed by atoms with E-state index in [9.17, 15) is 4.79 Å². The number of nitrogens with zero attached hydrogens (tertiary/aromatic N) is 3. The predicted molar refractivity (Wildman–Crippen MR) is 115 cm³/mol. The number of aryl methyl sites for hydroxylation is 1. The maximum Gasteiger partial charge on any atom is 0.231 e. The Balaban J connectivity index is 1.64. The summed E-state index contributed by atoms with van der Waals surface area (Å²) in [6.45, 7) is 3.43. The molecule has 0 bridgehead atoms. The van der Waals surface area contributed by atoms with Crippen molar-refractivity contribution in [3.8, 4) is 22.4 Å². The van der Waals surface area contributed by atoms with Crippen LogP contribution < -0.4 is 4.90 Å². The van der Waals surface area contributed by atoms with E-state index in [1.54, 1.807) is 4.90 Å². The Hall–Kier alpha value is -3.31. The summed E-state index contributed by atoms with van der Waals surface area (Å²) in [7, 11) is 0. The third-order valence-corrected chi connectivity index (χ3v) is 5.21. The molecule has 4 rings (SSSR count). The van der Waals surface area contributed by atoms with Gasteiger partial charge in [-0.3, -0.25) is 4.79 Å². The van der Waals surface area contributed by atoms with Gasteiger partial charge >= 0.3 is 0 Å². The van der Waals surface area contributed by atoms with Gasteiger partial charge in [-0.2, -0.15) is 0 Å². The van der Waals surface area contributed by atoms with Crippen molar-refractivity contribution in [1.82, 2.24) is 9.97 Å². The monoisotopic (exact) mass is 385 g/mol. The highest BCUT2D eigenvalue weighted by atomic mass is 32.1. The minimum absolute atomic E-state index is 0.113. The molecule has 0 aliphatic rings. The van der Waals surface area contributed by atoms with E-state index in [1.165, 1.54) is 23.8 Å². The molecular formula is C23H19N3OS. The molecule has 0 atom stereocenters. The van der Waals surface area contributed by atoms with E-state index in [0.29, 0.717) is 10.9 Å². The highest BCUT2D eigenvalue weighted by Crippen LogP contribution is 2.32. The third-order valence-electron chi connectivity index (χ3n) is 4.39. The molecule has 0 radical (unpaired) electrons. The molecule has 0 N–H and O–H groups in total. The lowest BCUT2D eigenvalue weighted by Gasteiger charge is -2.17. The molecular weight excluding hydrogens is 366 g/mol. The highest BCUT2D eigenvalue weighted by Gasteiger charge is 2.19. The van der Waals surface area contributed by atoms with Gasteiger partial charge < -0.3 is 0 Å². The summed E-state index contributed by atoms with van der Waals surface area (Å²) in [5, 5.41) is 2.59. The first-order valence-electron chi connectivity index (χ1n) is 8.97. The molecule has 2 heterocycles. The molecule has 28 heavy (non-hydrogen) atoms. The Kier molecular flexibility index (Phi) is 5.00. The zero-order chi connectivity index (χ0) is 19.5. The minimum Gasteiger partial charge on any atom is -0.274 e. The van der Waals surface area contributed by atoms with Crippen molar-refractivity contribution in [3.63, 3.8) is 0 Å². The minimum atomic E-state index is -0.113. The van der Waals surface area contributed by atoms with Gasteiger partial charge in [-0.25, -0.2) is 14.9 Å². The fraction of sp³-hybridized carbons (Fsp3) is 0.0870. The first kappa shape index (κ1) is 18.1. The average molecular weight is 385 g/mol. The van der Waals surface area contributed by atoms with Crippen LogP contribution in [0.4, 0.5) is 10.9 Å². The smallest absolute Gasteiger partial charge is 0.231 e. The number of thiazole rings is 1. The number of rotatable bonds is 4. The first-order chi connectivity index (χ1) is 13.6. The Morgan fingerprint density at radius 1 is 0.821 bits per heavy atom. The molecule has 1 amide bonds. The maximum absolute atomic E-state index is 12.3. The number of hydrogen-bond acceptors (Lipinski definition) is 4. The summed E-state index contributed by atoms with van der Waals surface area (Å²) in [5.41, 5.74) is 5.06. The number of pyridine rings is 1. The molecule has 0 spiro atoms. The Morgan fingerprint density at radius 3 is 2.18 bits per heavy atom. The van der Waals surface area contributed by atoms with Gasteiger partial charge in [-0.1, -0.05) is 60.7 Å². The number of carbonyl (C=O) groups is 1. The van der Waals surface area contributed by atoms with Crippen LogP contribution in [0.5, 0.6) is 0 Å². The summed E-state index contributed by atoms with van der Waals surface area (Å²) in [4.78, 5) is 23.0. The molecule has 0 aliphatic heterocycles. The van der Waals surface area contributed by atoms with Gasteiger partial charge in [0.05, 0.1) is 5.69 Å². The van der Waals surface area contributed by atoms with Crippen LogP contribution in [-0.4, -0.2) is 15.9 Å². The number of benzene rings is 2. The van der Waals surface area contributed by atoms with Gasteiger partial charge in [-0.15, -0.1) is 11.3 Å². The fourth-order valence-corrected chi connectivity index (χ4v) is 3.90. The van der Waals surface area contributed by atoms with Crippen molar-refractivity contribution >= 4 is 28.2 Å². The van der Waals surface area contributed by atoms with Crippen molar-refractivity contribution in [2.45, 2.75) is 13.8 Å². The maximum atomic E-state index is 12.3. The Bertz CT molecular complexity index is 1100. The number of amides is 1. The normalized spacial score (nSPS) is 10.6. The third kappa shape index (κ3) is 3.70. The molecule has 4 aromatic rings. The standard InChI is InChI=1S/C23H19N3OS/c1-16-7-6-10-22(24-16)26(17(2)27)23-25-21(15-28-23)20-13-11-19(12-14-20)18-8-4-3-5-9-18/h3-15H,1-2H3. The summed E-state index contributed by atoms with van der Waals surface area (Å²) in [5.74, 6) is 0.478.